The minimum absolute atomic E-state index is 0.188. The average molecular weight is 249 g/mol. The normalized spacial score (nSPS) is 10.8. The summed E-state index contributed by atoms with van der Waals surface area (Å²) in [5.41, 5.74) is 7.22. The van der Waals surface area contributed by atoms with Crippen LogP contribution < -0.4 is 11.1 Å². The lowest BCUT2D eigenvalue weighted by atomic mass is 10.1. The van der Waals surface area contributed by atoms with Gasteiger partial charge < -0.3 is 11.1 Å². The van der Waals surface area contributed by atoms with E-state index in [4.69, 9.17) is 5.73 Å². The fourth-order valence-electron chi connectivity index (χ4n) is 1.54. The number of nitrogens with two attached hydrogens (primary N) is 1. The Morgan fingerprint density at radius 1 is 1.50 bits per heavy atom. The summed E-state index contributed by atoms with van der Waals surface area (Å²) in [6.45, 7) is 4.20. The van der Waals surface area contributed by atoms with Gasteiger partial charge in [0.25, 0.3) is 5.91 Å². The molecule has 0 fully saturated rings. The number of nitrogens with one attached hydrogen (secondary N) is 3. The van der Waals surface area contributed by atoms with Crippen LogP contribution in [0.5, 0.6) is 0 Å². The van der Waals surface area contributed by atoms with Gasteiger partial charge in [-0.3, -0.25) is 15.0 Å². The van der Waals surface area contributed by atoms with Crippen molar-refractivity contribution < 1.29 is 4.79 Å². The molecule has 0 saturated carbocycles. The van der Waals surface area contributed by atoms with Gasteiger partial charge in [-0.05, 0) is 5.92 Å². The second-order valence-corrected chi connectivity index (χ2v) is 4.17. The third-order valence-electron chi connectivity index (χ3n) is 2.51. The van der Waals surface area contributed by atoms with Gasteiger partial charge in [-0.2, -0.15) is 10.2 Å². The first-order valence-corrected chi connectivity index (χ1v) is 5.55. The van der Waals surface area contributed by atoms with Crippen LogP contribution >= 0.6 is 0 Å². The maximum atomic E-state index is 11.9. The summed E-state index contributed by atoms with van der Waals surface area (Å²) < 4.78 is 0. The predicted octanol–water partition coefficient (Wildman–Crippen LogP) is 0.163. The number of amides is 1. The zero-order chi connectivity index (χ0) is 13.1. The van der Waals surface area contributed by atoms with Crippen LogP contribution in [0.15, 0.2) is 6.33 Å². The minimum atomic E-state index is -0.341. The van der Waals surface area contributed by atoms with E-state index in [0.29, 0.717) is 11.5 Å². The van der Waals surface area contributed by atoms with E-state index in [0.717, 1.165) is 5.69 Å². The van der Waals surface area contributed by atoms with Crippen molar-refractivity contribution in [2.24, 2.45) is 0 Å². The lowest BCUT2D eigenvalue weighted by molar-refractivity contribution is 0.0946. The zero-order valence-corrected chi connectivity index (χ0v) is 10.2. The average Bonchev–Trinajstić information content (AvgIpc) is 2.94. The molecule has 0 radical (unpaired) electrons. The van der Waals surface area contributed by atoms with Crippen LogP contribution in [0.4, 0.5) is 5.69 Å². The Hall–Kier alpha value is -2.38. The fraction of sp³-hybridized carbons (Fsp3) is 0.400. The van der Waals surface area contributed by atoms with Gasteiger partial charge in [-0.1, -0.05) is 13.8 Å². The Morgan fingerprint density at radius 2 is 2.28 bits per heavy atom. The highest BCUT2D eigenvalue weighted by molar-refractivity contribution is 5.97. The molecule has 0 aliphatic heterocycles. The molecule has 96 valence electrons. The van der Waals surface area contributed by atoms with E-state index in [-0.39, 0.29) is 24.1 Å². The van der Waals surface area contributed by atoms with Gasteiger partial charge >= 0.3 is 0 Å². The number of H-pyrrole nitrogens is 2. The SMILES string of the molecule is CC(C)c1[nH]nc(C(=O)NCc2ncn[nH]2)c1N. The second kappa shape index (κ2) is 4.86. The van der Waals surface area contributed by atoms with Gasteiger partial charge in [-0.15, -0.1) is 0 Å². The third-order valence-corrected chi connectivity index (χ3v) is 2.51. The number of anilines is 1. The lowest BCUT2D eigenvalue weighted by Crippen LogP contribution is -2.24. The molecule has 0 aliphatic carbocycles. The van der Waals surface area contributed by atoms with Crippen molar-refractivity contribution in [2.75, 3.05) is 5.73 Å². The Balaban J connectivity index is 2.05. The van der Waals surface area contributed by atoms with Crippen molar-refractivity contribution >= 4 is 11.6 Å². The van der Waals surface area contributed by atoms with Crippen molar-refractivity contribution in [3.8, 4) is 0 Å². The predicted molar refractivity (Wildman–Crippen MR) is 64.6 cm³/mol. The molecule has 0 spiro atoms. The molecular formula is C10H15N7O. The molecule has 0 unspecified atom stereocenters. The number of carbonyl (C=O) groups is 1. The van der Waals surface area contributed by atoms with Crippen LogP contribution in [0.2, 0.25) is 0 Å². The maximum absolute atomic E-state index is 11.9. The number of rotatable bonds is 4. The highest BCUT2D eigenvalue weighted by Gasteiger charge is 2.18. The second-order valence-electron chi connectivity index (χ2n) is 4.17. The standard InChI is InChI=1S/C10H15N7O/c1-5(2)8-7(11)9(17-16-8)10(18)12-3-6-13-4-14-15-6/h4-5H,3,11H2,1-2H3,(H,12,18)(H,16,17)(H,13,14,15). The van der Waals surface area contributed by atoms with Crippen LogP contribution in [0.3, 0.4) is 0 Å². The Kier molecular flexibility index (Phi) is 3.26. The first-order valence-electron chi connectivity index (χ1n) is 5.55. The van der Waals surface area contributed by atoms with Gasteiger partial charge in [0, 0.05) is 0 Å². The van der Waals surface area contributed by atoms with Gasteiger partial charge in [0.05, 0.1) is 17.9 Å². The minimum Gasteiger partial charge on any atom is -0.395 e. The molecule has 1 amide bonds. The van der Waals surface area contributed by atoms with Gasteiger partial charge in [0.15, 0.2) is 5.69 Å². The summed E-state index contributed by atoms with van der Waals surface area (Å²) in [6, 6.07) is 0. The molecule has 5 N–H and O–H groups in total. The van der Waals surface area contributed by atoms with Gasteiger partial charge in [-0.25, -0.2) is 4.98 Å². The molecule has 8 heteroatoms. The first kappa shape index (κ1) is 12.1. The van der Waals surface area contributed by atoms with Crippen LogP contribution in [0.1, 0.15) is 41.8 Å². The number of hydrogen-bond donors (Lipinski definition) is 4. The molecule has 2 aromatic heterocycles. The van der Waals surface area contributed by atoms with E-state index >= 15 is 0 Å². The lowest BCUT2D eigenvalue weighted by Gasteiger charge is -2.03. The molecule has 2 heterocycles. The molecule has 0 bridgehead atoms. The number of nitrogen functional groups attached to an aromatic ring is 1. The largest absolute Gasteiger partial charge is 0.395 e. The number of carbonyl (C=O) groups excluding carboxylic acids is 1. The Morgan fingerprint density at radius 3 is 2.83 bits per heavy atom. The van der Waals surface area contributed by atoms with Crippen molar-refractivity contribution in [1.29, 1.82) is 0 Å². The number of hydrogen-bond acceptors (Lipinski definition) is 5. The first-order chi connectivity index (χ1) is 8.59. The van der Waals surface area contributed by atoms with Crippen LogP contribution in [0, 0.1) is 0 Å². The van der Waals surface area contributed by atoms with E-state index in [2.05, 4.69) is 30.7 Å². The van der Waals surface area contributed by atoms with E-state index < -0.39 is 0 Å². The summed E-state index contributed by atoms with van der Waals surface area (Å²) in [7, 11) is 0. The summed E-state index contributed by atoms with van der Waals surface area (Å²) in [6.07, 6.45) is 1.38. The smallest absolute Gasteiger partial charge is 0.274 e. The van der Waals surface area contributed by atoms with E-state index in [1.165, 1.54) is 6.33 Å². The summed E-state index contributed by atoms with van der Waals surface area (Å²) in [5.74, 6) is 0.418. The highest BCUT2D eigenvalue weighted by atomic mass is 16.1. The quantitative estimate of drug-likeness (QED) is 0.614. The molecule has 8 nitrogen and oxygen atoms in total. The number of nitrogens with zero attached hydrogens (tertiary/aromatic N) is 3. The highest BCUT2D eigenvalue weighted by Crippen LogP contribution is 2.21. The molecular weight excluding hydrogens is 234 g/mol. The van der Waals surface area contributed by atoms with Crippen LogP contribution in [0.25, 0.3) is 0 Å². The fourth-order valence-corrected chi connectivity index (χ4v) is 1.54. The number of aromatic nitrogens is 5. The molecule has 18 heavy (non-hydrogen) atoms. The Labute approximate surface area is 103 Å². The monoisotopic (exact) mass is 249 g/mol. The molecule has 0 atom stereocenters. The summed E-state index contributed by atoms with van der Waals surface area (Å²) in [5, 5.41) is 15.7. The van der Waals surface area contributed by atoms with Crippen LogP contribution in [-0.2, 0) is 6.54 Å². The van der Waals surface area contributed by atoms with E-state index in [1.807, 2.05) is 13.8 Å². The van der Waals surface area contributed by atoms with E-state index in [9.17, 15) is 4.79 Å². The number of aromatic amines is 2. The van der Waals surface area contributed by atoms with Gasteiger partial charge in [0.2, 0.25) is 0 Å². The molecule has 0 aliphatic rings. The van der Waals surface area contributed by atoms with Crippen molar-refractivity contribution in [3.05, 3.63) is 23.5 Å². The molecule has 0 saturated heterocycles. The summed E-state index contributed by atoms with van der Waals surface area (Å²) in [4.78, 5) is 15.8. The van der Waals surface area contributed by atoms with Gasteiger partial charge in [0.1, 0.15) is 12.2 Å². The van der Waals surface area contributed by atoms with Crippen molar-refractivity contribution in [3.63, 3.8) is 0 Å². The van der Waals surface area contributed by atoms with Crippen molar-refractivity contribution in [2.45, 2.75) is 26.3 Å². The van der Waals surface area contributed by atoms with E-state index in [1.54, 1.807) is 0 Å². The maximum Gasteiger partial charge on any atom is 0.274 e. The van der Waals surface area contributed by atoms with Crippen LogP contribution in [-0.4, -0.2) is 31.3 Å². The molecule has 0 aromatic carbocycles. The zero-order valence-electron chi connectivity index (χ0n) is 10.2. The topological polar surface area (TPSA) is 125 Å². The molecule has 2 rings (SSSR count). The molecule has 2 aromatic rings. The summed E-state index contributed by atoms with van der Waals surface area (Å²) >= 11 is 0. The third kappa shape index (κ3) is 2.31. The Bertz CT molecular complexity index is 528. The van der Waals surface area contributed by atoms with Crippen molar-refractivity contribution in [1.82, 2.24) is 30.7 Å².